The molecule has 0 aliphatic heterocycles. The topological polar surface area (TPSA) is 266 Å². The number of nitrogens with one attached hydrogen (secondary N) is 8. The highest BCUT2D eigenvalue weighted by Gasteiger charge is 2.23. The van der Waals surface area contributed by atoms with E-state index in [0.29, 0.717) is 48.2 Å². The van der Waals surface area contributed by atoms with Gasteiger partial charge in [-0.2, -0.15) is 10.2 Å². The first-order valence-corrected chi connectivity index (χ1v) is 44.4. The van der Waals surface area contributed by atoms with Crippen LogP contribution in [-0.2, 0) is 25.7 Å². The standard InChI is InChI=1S/C30H29N5O2.C29H27N5O2.C18H19BrClN3O.C17H17BrClN3O.C6H6S/c1-19-26-13-20(8-9-29(26)34-33-19)27-14-24(16-32-30(27)21-10-11-36-17-21)37-18-23(35(2)3)12-22-15-31-28-7-5-4-6-25(22)28;1-18-25-12-19(7-8-28(25)34-33-18)26-13-23(15-32-29(26)20-9-10-35-16-20)36-17-22(30-2)11-21-14-31-27-6-4-3-5-24(21)27;1-23(2)13(11-24-14-8-16(19)18(20)22-10-14)7-12-9-21-17-6-4-3-5-15(12)17;1-20-12(10-23-13-7-15(18)17(19)22-9-13)6-11-8-21-16-5-3-2-4-14(11)16;7-6-4-2-1-3-5-6/h4-11,13-17,23,31H,12,18H2,1-3H3,(H,33,34);3-10,12-16,22,30-31H,11,17H2,1-2H3,(H,33,34);3-6,8-10,13,21H,7,11H2,1-2H3;2-5,7-9,12,20-21H,6,10H2,1H3;1-5,7H/t23-;22-;13-;12-;/m0000./s1. The van der Waals surface area contributed by atoms with Crippen molar-refractivity contribution in [1.29, 1.82) is 0 Å². The minimum Gasteiger partial charge on any atom is -0.490 e. The van der Waals surface area contributed by atoms with Gasteiger partial charge in [0.2, 0.25) is 0 Å². The van der Waals surface area contributed by atoms with Crippen molar-refractivity contribution in [2.45, 2.75) is 68.6 Å². The molecule has 0 unspecified atom stereocenters. The second-order valence-corrected chi connectivity index (χ2v) is 34.2. The zero-order valence-corrected chi connectivity index (χ0v) is 77.0. The maximum absolute atomic E-state index is 6.36. The van der Waals surface area contributed by atoms with Crippen LogP contribution in [0.3, 0.4) is 0 Å². The first kappa shape index (κ1) is 89.6. The SMILES string of the molecule is CN(C)[C@H](COc1cnc(Cl)c(Br)c1)Cc1c[nH]c2ccccc12.CN[C@H](COc1cnc(-c2ccoc2)c(-c2ccc3n[nH]c(C)c3c2)c1)Cc1c[nH]c2ccccc12.CN[C@H](COc1cnc(Cl)c(Br)c1)Cc1c[nH]c2ccccc12.Cc1[nH]nc2ccc(-c3cc(OC[C@H](Cc4c[nH]c5ccccc45)N(C)C)cnc3-c3ccoc3)cc12.Sc1ccccc1. The number of aryl methyl sites for hydroxylation is 2. The fourth-order valence-corrected chi connectivity index (χ4v) is 16.1. The van der Waals surface area contributed by atoms with Crippen molar-refractivity contribution in [2.24, 2.45) is 0 Å². The van der Waals surface area contributed by atoms with Crippen LogP contribution in [0.5, 0.6) is 23.0 Å². The molecule has 0 aliphatic rings. The minimum absolute atomic E-state index is 0.145. The van der Waals surface area contributed by atoms with Crippen molar-refractivity contribution in [3.63, 3.8) is 0 Å². The van der Waals surface area contributed by atoms with Gasteiger partial charge in [0.1, 0.15) is 59.7 Å². The number of H-pyrrole nitrogens is 6. The maximum atomic E-state index is 6.36. The van der Waals surface area contributed by atoms with E-state index in [-0.39, 0.29) is 24.2 Å². The molecule has 0 spiro atoms. The van der Waals surface area contributed by atoms with Gasteiger partial charge in [0.15, 0.2) is 0 Å². The average Bonchev–Trinajstić information content (AvgIpc) is 1.74. The summed E-state index contributed by atoms with van der Waals surface area (Å²) >= 11 is 22.6. The molecule has 19 aromatic rings. The fraction of sp³-hybridized carbons (Fsp3) is 0.200. The van der Waals surface area contributed by atoms with Crippen LogP contribution >= 0.6 is 67.7 Å². The van der Waals surface area contributed by atoms with E-state index in [1.165, 1.54) is 43.8 Å². The second kappa shape index (κ2) is 42.8. The quantitative estimate of drug-likeness (QED) is 0.0163. The molecule has 19 rings (SSSR count). The summed E-state index contributed by atoms with van der Waals surface area (Å²) in [6, 6.07) is 68.2. The smallest absolute Gasteiger partial charge is 0.143 e. The number of aromatic amines is 6. The Morgan fingerprint density at radius 2 is 0.748 bits per heavy atom. The Hall–Kier alpha value is -12.3. The fourth-order valence-electron chi connectivity index (χ4n) is 15.0. The number of rotatable bonds is 28. The Labute approximate surface area is 768 Å². The van der Waals surface area contributed by atoms with E-state index in [1.54, 1.807) is 49.8 Å². The third-order valence-electron chi connectivity index (χ3n) is 22.3. The highest BCUT2D eigenvalue weighted by Crippen LogP contribution is 2.39. The predicted molar refractivity (Wildman–Crippen MR) is 522 cm³/mol. The normalized spacial score (nSPS) is 12.3. The summed E-state index contributed by atoms with van der Waals surface area (Å²) in [5.41, 5.74) is 21.3. The van der Waals surface area contributed by atoms with Crippen molar-refractivity contribution in [3.8, 4) is 67.8 Å². The average molecular weight is 1880 g/mol. The van der Waals surface area contributed by atoms with E-state index in [1.807, 2.05) is 113 Å². The molecule has 8 N–H and O–H groups in total. The summed E-state index contributed by atoms with van der Waals surface area (Å²) in [5, 5.41) is 29.6. The van der Waals surface area contributed by atoms with E-state index in [2.05, 4.69) is 283 Å². The van der Waals surface area contributed by atoms with Crippen molar-refractivity contribution in [1.82, 2.24) is 80.7 Å². The number of pyridine rings is 4. The lowest BCUT2D eigenvalue weighted by molar-refractivity contribution is 0.184. The number of benzene rings is 7. The van der Waals surface area contributed by atoms with Crippen LogP contribution in [0, 0.1) is 13.8 Å². The summed E-state index contributed by atoms with van der Waals surface area (Å²) in [6.45, 7) is 6.23. The summed E-state index contributed by atoms with van der Waals surface area (Å²) in [7, 11) is 12.2. The molecule has 22 nitrogen and oxygen atoms in total. The Morgan fingerprint density at radius 1 is 0.402 bits per heavy atom. The largest absolute Gasteiger partial charge is 0.490 e. The molecule has 127 heavy (non-hydrogen) atoms. The Kier molecular flexibility index (Phi) is 30.2. The van der Waals surface area contributed by atoms with E-state index in [4.69, 9.17) is 61.0 Å². The number of fused-ring (bicyclic) bond motifs is 6. The van der Waals surface area contributed by atoms with Gasteiger partial charge in [0.25, 0.3) is 0 Å². The summed E-state index contributed by atoms with van der Waals surface area (Å²) in [6.07, 6.45) is 25.5. The molecule has 12 aromatic heterocycles. The maximum Gasteiger partial charge on any atom is 0.143 e. The van der Waals surface area contributed by atoms with E-state index in [9.17, 15) is 0 Å². The number of halogens is 4. The van der Waals surface area contributed by atoms with Gasteiger partial charge >= 0.3 is 0 Å². The lowest BCUT2D eigenvalue weighted by Crippen LogP contribution is -2.35. The Morgan fingerprint density at radius 3 is 1.09 bits per heavy atom. The van der Waals surface area contributed by atoms with Gasteiger partial charge in [-0.15, -0.1) is 12.6 Å². The number of hydrogen-bond donors (Lipinski definition) is 9. The molecule has 0 aliphatic carbocycles. The number of aromatic nitrogens is 12. The van der Waals surface area contributed by atoms with Gasteiger partial charge < -0.3 is 68.2 Å². The molecule has 4 atom stereocenters. The number of furan rings is 2. The van der Waals surface area contributed by atoms with E-state index in [0.717, 1.165) is 151 Å². The van der Waals surface area contributed by atoms with Crippen LogP contribution in [-0.4, -0.2) is 163 Å². The summed E-state index contributed by atoms with van der Waals surface area (Å²) < 4.78 is 36.6. The molecule has 0 saturated heterocycles. The Balaban J connectivity index is 0.000000129. The molecule has 7 aromatic carbocycles. The molecule has 0 bridgehead atoms. The van der Waals surface area contributed by atoms with Crippen molar-refractivity contribution in [3.05, 3.63) is 328 Å². The number of hydrogen-bond acceptors (Lipinski definition) is 17. The van der Waals surface area contributed by atoms with Crippen LogP contribution in [0.15, 0.2) is 297 Å². The number of ether oxygens (including phenoxy) is 4. The molecule has 0 radical (unpaired) electrons. The minimum atomic E-state index is 0.145. The van der Waals surface area contributed by atoms with Crippen molar-refractivity contribution < 1.29 is 27.8 Å². The molecular formula is C100H98Br2Cl2N16O6S. The molecule has 0 amide bonds. The van der Waals surface area contributed by atoms with Crippen LogP contribution in [0.4, 0.5) is 0 Å². The second-order valence-electron chi connectivity index (χ2n) is 31.2. The van der Waals surface area contributed by atoms with Crippen LogP contribution in [0.1, 0.15) is 33.6 Å². The molecule has 648 valence electrons. The van der Waals surface area contributed by atoms with Gasteiger partial charge in [-0.3, -0.25) is 20.2 Å². The summed E-state index contributed by atoms with van der Waals surface area (Å²) in [4.78, 5) is 36.5. The van der Waals surface area contributed by atoms with Gasteiger partial charge in [0.05, 0.1) is 81.2 Å². The predicted octanol–water partition coefficient (Wildman–Crippen LogP) is 22.8. The first-order valence-electron chi connectivity index (χ1n) is 41.6. The number of thiol groups is 1. The van der Waals surface area contributed by atoms with Crippen LogP contribution in [0.2, 0.25) is 10.3 Å². The lowest BCUT2D eigenvalue weighted by Gasteiger charge is -2.24. The zero-order valence-electron chi connectivity index (χ0n) is 71.4. The third kappa shape index (κ3) is 22.8. The number of likely N-dealkylation sites (N-methyl/N-ethyl adjacent to an activating group) is 4. The first-order chi connectivity index (χ1) is 61.9. The third-order valence-corrected chi connectivity index (χ3v) is 24.9. The highest BCUT2D eigenvalue weighted by atomic mass is 79.9. The van der Waals surface area contributed by atoms with E-state index >= 15 is 0 Å². The summed E-state index contributed by atoms with van der Waals surface area (Å²) in [5.74, 6) is 2.86. The van der Waals surface area contributed by atoms with Crippen LogP contribution in [0.25, 0.3) is 110 Å². The van der Waals surface area contributed by atoms with Gasteiger partial charge in [0, 0.05) is 142 Å². The number of para-hydroxylation sites is 4. The zero-order chi connectivity index (χ0) is 88.3. The number of nitrogens with zero attached hydrogens (tertiary/aromatic N) is 8. The molecule has 0 saturated carbocycles. The van der Waals surface area contributed by atoms with Crippen molar-refractivity contribution >= 4 is 133 Å². The highest BCUT2D eigenvalue weighted by molar-refractivity contribution is 9.10. The molecule has 27 heteroatoms. The van der Waals surface area contributed by atoms with E-state index < -0.39 is 0 Å². The molecule has 12 heterocycles. The van der Waals surface area contributed by atoms with Gasteiger partial charge in [-0.1, -0.05) is 126 Å². The van der Waals surface area contributed by atoms with Gasteiger partial charge in [-0.25, -0.2) is 9.97 Å². The lowest BCUT2D eigenvalue weighted by atomic mass is 9.99. The van der Waals surface area contributed by atoms with Crippen molar-refractivity contribution in [2.75, 3.05) is 68.7 Å². The monoisotopic (exact) mass is 1880 g/mol. The Bertz CT molecular complexity index is 6790. The van der Waals surface area contributed by atoms with Crippen LogP contribution < -0.4 is 29.6 Å². The molecule has 0 fully saturated rings. The molecular weight excluding hydrogens is 1780 g/mol. The van der Waals surface area contributed by atoms with Gasteiger partial charge in [-0.05, 0) is 244 Å².